The predicted octanol–water partition coefficient (Wildman–Crippen LogP) is 5.13. The molecule has 3 nitrogen and oxygen atoms in total. The Morgan fingerprint density at radius 1 is 1.04 bits per heavy atom. The molecule has 3 heteroatoms. The first-order valence-corrected chi connectivity index (χ1v) is 9.62. The van der Waals surface area contributed by atoms with Gasteiger partial charge in [0.15, 0.2) is 11.5 Å². The lowest BCUT2D eigenvalue weighted by Gasteiger charge is -2.48. The van der Waals surface area contributed by atoms with Gasteiger partial charge in [0.2, 0.25) is 0 Å². The lowest BCUT2D eigenvalue weighted by molar-refractivity contribution is -0.973. The summed E-state index contributed by atoms with van der Waals surface area (Å²) in [6.07, 6.45) is 1.14. The molecule has 0 N–H and O–H groups in total. The molecule has 26 heavy (non-hydrogen) atoms. The van der Waals surface area contributed by atoms with Crippen molar-refractivity contribution in [2.45, 2.75) is 58.8 Å². The Morgan fingerprint density at radius 3 is 2.35 bits per heavy atom. The molecule has 0 fully saturated rings. The van der Waals surface area contributed by atoms with E-state index in [0.29, 0.717) is 12.1 Å². The number of hydrogen-bond donors (Lipinski definition) is 0. The first-order valence-electron chi connectivity index (χ1n) is 9.62. The van der Waals surface area contributed by atoms with Gasteiger partial charge in [-0.3, -0.25) is 0 Å². The maximum atomic E-state index is 6.16. The number of methoxy groups -OCH3 is 1. The largest absolute Gasteiger partial charge is 0.493 e. The summed E-state index contributed by atoms with van der Waals surface area (Å²) in [7, 11) is 4.11. The van der Waals surface area contributed by atoms with Crippen molar-refractivity contribution in [3.63, 3.8) is 0 Å². The van der Waals surface area contributed by atoms with Crippen LogP contribution in [0, 0.1) is 0 Å². The van der Waals surface area contributed by atoms with E-state index >= 15 is 0 Å². The second-order valence-electron chi connectivity index (χ2n) is 8.05. The monoisotopic (exact) mass is 354 g/mol. The summed E-state index contributed by atoms with van der Waals surface area (Å²) in [6, 6.07) is 16.1. The third-order valence-corrected chi connectivity index (χ3v) is 6.08. The van der Waals surface area contributed by atoms with Crippen molar-refractivity contribution in [3.05, 3.63) is 59.2 Å². The Hall–Kier alpha value is -2.00. The number of hydrogen-bond acceptors (Lipinski definition) is 2. The normalized spacial score (nSPS) is 23.4. The fraction of sp³-hybridized carbons (Fsp3) is 0.478. The summed E-state index contributed by atoms with van der Waals surface area (Å²) in [4.78, 5) is 0. The van der Waals surface area contributed by atoms with Gasteiger partial charge in [-0.15, -0.1) is 0 Å². The molecule has 0 spiro atoms. The van der Waals surface area contributed by atoms with Gasteiger partial charge in [0, 0.05) is 23.1 Å². The zero-order valence-electron chi connectivity index (χ0n) is 17.0. The molecule has 0 saturated heterocycles. The van der Waals surface area contributed by atoms with E-state index in [1.54, 1.807) is 7.11 Å². The lowest BCUT2D eigenvalue weighted by Crippen LogP contribution is -2.55. The SMILES string of the molecule is COc1ccc2c(c1OC(C)C)C[C@@H](C)[N@+](C)([C@H](C)c1ccccc1)C2. The minimum absolute atomic E-state index is 0.136. The van der Waals surface area contributed by atoms with Crippen molar-refractivity contribution >= 4 is 0 Å². The third-order valence-electron chi connectivity index (χ3n) is 6.08. The number of nitrogens with zero attached hydrogens (tertiary/aromatic N) is 1. The topological polar surface area (TPSA) is 18.5 Å². The first kappa shape index (κ1) is 18.8. The molecule has 0 bridgehead atoms. The molecule has 0 aromatic heterocycles. The molecule has 1 aliphatic rings. The Bertz CT molecular complexity index is 756. The minimum atomic E-state index is 0.136. The molecule has 1 aliphatic heterocycles. The highest BCUT2D eigenvalue weighted by atomic mass is 16.5. The average molecular weight is 355 g/mol. The third kappa shape index (κ3) is 3.33. The molecule has 2 aromatic rings. The van der Waals surface area contributed by atoms with Gasteiger partial charge >= 0.3 is 0 Å². The average Bonchev–Trinajstić information content (AvgIpc) is 2.63. The molecule has 140 valence electrons. The first-order chi connectivity index (χ1) is 12.4. The molecule has 3 rings (SSSR count). The summed E-state index contributed by atoms with van der Waals surface area (Å²) in [6.45, 7) is 9.86. The maximum absolute atomic E-state index is 6.16. The van der Waals surface area contributed by atoms with Crippen LogP contribution in [-0.4, -0.2) is 30.8 Å². The van der Waals surface area contributed by atoms with Gasteiger partial charge in [0.1, 0.15) is 12.6 Å². The van der Waals surface area contributed by atoms with Crippen molar-refractivity contribution < 1.29 is 14.0 Å². The van der Waals surface area contributed by atoms with Crippen LogP contribution in [0.3, 0.4) is 0 Å². The Balaban J connectivity index is 2.00. The molecular weight excluding hydrogens is 322 g/mol. The minimum Gasteiger partial charge on any atom is -0.493 e. The van der Waals surface area contributed by atoms with Crippen LogP contribution in [0.15, 0.2) is 42.5 Å². The standard InChI is InChI=1S/C23H32NO2/c1-16(2)26-23-21-14-17(3)24(5,15-20(21)12-13-22(23)25-6)18(4)19-10-8-7-9-11-19/h7-13,16-18H,14-15H2,1-6H3/q+1/t17-,18-,24-/m1/s1. The highest BCUT2D eigenvalue weighted by molar-refractivity contribution is 5.51. The zero-order valence-corrected chi connectivity index (χ0v) is 17.0. The molecule has 0 unspecified atom stereocenters. The van der Waals surface area contributed by atoms with Crippen LogP contribution in [0.2, 0.25) is 0 Å². The van der Waals surface area contributed by atoms with E-state index in [4.69, 9.17) is 9.47 Å². The van der Waals surface area contributed by atoms with Gasteiger partial charge in [-0.1, -0.05) is 30.3 Å². The number of rotatable bonds is 5. The van der Waals surface area contributed by atoms with Gasteiger partial charge in [-0.2, -0.15) is 0 Å². The number of quaternary nitrogens is 1. The van der Waals surface area contributed by atoms with E-state index in [0.717, 1.165) is 28.9 Å². The number of fused-ring (bicyclic) bond motifs is 1. The molecule has 0 radical (unpaired) electrons. The molecule has 1 heterocycles. The second-order valence-corrected chi connectivity index (χ2v) is 8.05. The van der Waals surface area contributed by atoms with Crippen molar-refractivity contribution in [2.24, 2.45) is 0 Å². The van der Waals surface area contributed by atoms with Gasteiger partial charge in [0.05, 0.1) is 26.3 Å². The summed E-state index contributed by atoms with van der Waals surface area (Å²) in [5, 5.41) is 0. The van der Waals surface area contributed by atoms with Crippen molar-refractivity contribution in [3.8, 4) is 11.5 Å². The summed E-state index contributed by atoms with van der Waals surface area (Å²) < 4.78 is 12.8. The van der Waals surface area contributed by atoms with E-state index in [-0.39, 0.29) is 6.10 Å². The van der Waals surface area contributed by atoms with E-state index in [1.165, 1.54) is 16.7 Å². The van der Waals surface area contributed by atoms with Crippen LogP contribution in [0.5, 0.6) is 11.5 Å². The Kier molecular flexibility index (Phi) is 5.29. The summed E-state index contributed by atoms with van der Waals surface area (Å²) in [5.41, 5.74) is 4.10. The van der Waals surface area contributed by atoms with Crippen molar-refractivity contribution in [1.29, 1.82) is 0 Å². The molecule has 0 aliphatic carbocycles. The van der Waals surface area contributed by atoms with Gasteiger partial charge < -0.3 is 14.0 Å². The van der Waals surface area contributed by atoms with Gasteiger partial charge in [-0.25, -0.2) is 0 Å². The smallest absolute Gasteiger partial charge is 0.165 e. The highest BCUT2D eigenvalue weighted by Crippen LogP contribution is 2.43. The molecular formula is C23H32NO2+. The van der Waals surface area contributed by atoms with Crippen LogP contribution in [0.25, 0.3) is 0 Å². The number of ether oxygens (including phenoxy) is 2. The molecule has 0 amide bonds. The van der Waals surface area contributed by atoms with Crippen LogP contribution in [-0.2, 0) is 13.0 Å². The van der Waals surface area contributed by atoms with Crippen molar-refractivity contribution in [1.82, 2.24) is 0 Å². The quantitative estimate of drug-likeness (QED) is 0.693. The highest BCUT2D eigenvalue weighted by Gasteiger charge is 2.41. The predicted molar refractivity (Wildman–Crippen MR) is 107 cm³/mol. The summed E-state index contributed by atoms with van der Waals surface area (Å²) >= 11 is 0. The summed E-state index contributed by atoms with van der Waals surface area (Å²) in [5.74, 6) is 1.78. The van der Waals surface area contributed by atoms with E-state index in [1.807, 2.05) is 0 Å². The fourth-order valence-electron chi connectivity index (χ4n) is 4.16. The Morgan fingerprint density at radius 2 is 1.73 bits per heavy atom. The van der Waals surface area contributed by atoms with Crippen LogP contribution < -0.4 is 9.47 Å². The van der Waals surface area contributed by atoms with E-state index in [2.05, 4.69) is 77.2 Å². The number of benzene rings is 2. The Labute approximate surface area is 158 Å². The zero-order chi connectivity index (χ0) is 18.9. The number of likely N-dealkylation sites (N-methyl/N-ethyl adjacent to an activating group) is 1. The van der Waals surface area contributed by atoms with Gasteiger partial charge in [-0.05, 0) is 39.8 Å². The van der Waals surface area contributed by atoms with E-state index < -0.39 is 0 Å². The molecule has 2 aromatic carbocycles. The van der Waals surface area contributed by atoms with Gasteiger partial charge in [0.25, 0.3) is 0 Å². The van der Waals surface area contributed by atoms with Crippen molar-refractivity contribution in [2.75, 3.05) is 14.2 Å². The lowest BCUT2D eigenvalue weighted by atomic mass is 9.88. The fourth-order valence-corrected chi connectivity index (χ4v) is 4.16. The van der Waals surface area contributed by atoms with Crippen LogP contribution in [0.4, 0.5) is 0 Å². The second kappa shape index (κ2) is 7.32. The van der Waals surface area contributed by atoms with Crippen LogP contribution in [0.1, 0.15) is 50.4 Å². The van der Waals surface area contributed by atoms with Crippen LogP contribution >= 0.6 is 0 Å². The molecule has 0 saturated carbocycles. The maximum Gasteiger partial charge on any atom is 0.165 e. The molecule has 3 atom stereocenters. The van der Waals surface area contributed by atoms with E-state index in [9.17, 15) is 0 Å².